The van der Waals surface area contributed by atoms with Gasteiger partial charge in [0.25, 0.3) is 0 Å². The SMILES string of the molecule is CCS(=O)(=O)c1ccc(CC(=O)Nc2ccc(-c3ccc(Cl)cc3)c(Oc3ccc(F)cc3)c2)cc1. The molecule has 0 bridgehead atoms. The Morgan fingerprint density at radius 2 is 1.58 bits per heavy atom. The summed E-state index contributed by atoms with van der Waals surface area (Å²) in [5.41, 5.74) is 2.82. The molecule has 184 valence electrons. The summed E-state index contributed by atoms with van der Waals surface area (Å²) in [5, 5.41) is 3.45. The van der Waals surface area contributed by atoms with E-state index < -0.39 is 9.84 Å². The molecule has 0 aliphatic heterocycles. The van der Waals surface area contributed by atoms with Crippen LogP contribution in [0, 0.1) is 5.82 Å². The van der Waals surface area contributed by atoms with E-state index in [0.717, 1.165) is 11.1 Å². The zero-order chi connectivity index (χ0) is 25.7. The summed E-state index contributed by atoms with van der Waals surface area (Å²) < 4.78 is 43.4. The van der Waals surface area contributed by atoms with E-state index in [1.165, 1.54) is 36.4 Å². The van der Waals surface area contributed by atoms with Gasteiger partial charge < -0.3 is 10.1 Å². The van der Waals surface area contributed by atoms with E-state index >= 15 is 0 Å². The molecule has 1 amide bonds. The summed E-state index contributed by atoms with van der Waals surface area (Å²) in [5.74, 6) is 0.281. The molecule has 0 radical (unpaired) electrons. The number of halogens is 2. The van der Waals surface area contributed by atoms with Crippen molar-refractivity contribution in [1.29, 1.82) is 0 Å². The first-order valence-electron chi connectivity index (χ1n) is 11.2. The Morgan fingerprint density at radius 1 is 0.917 bits per heavy atom. The molecular weight excluding hydrogens is 501 g/mol. The van der Waals surface area contributed by atoms with Crippen LogP contribution in [0.15, 0.2) is 95.9 Å². The van der Waals surface area contributed by atoms with Crippen molar-refractivity contribution in [3.8, 4) is 22.6 Å². The van der Waals surface area contributed by atoms with Gasteiger partial charge >= 0.3 is 0 Å². The zero-order valence-electron chi connectivity index (χ0n) is 19.4. The maximum Gasteiger partial charge on any atom is 0.228 e. The lowest BCUT2D eigenvalue weighted by Crippen LogP contribution is -2.14. The highest BCUT2D eigenvalue weighted by atomic mass is 35.5. The van der Waals surface area contributed by atoms with Gasteiger partial charge in [0, 0.05) is 22.3 Å². The molecule has 36 heavy (non-hydrogen) atoms. The van der Waals surface area contributed by atoms with E-state index in [9.17, 15) is 17.6 Å². The summed E-state index contributed by atoms with van der Waals surface area (Å²) in [7, 11) is -3.30. The lowest BCUT2D eigenvalue weighted by molar-refractivity contribution is -0.115. The maximum atomic E-state index is 13.3. The Morgan fingerprint density at radius 3 is 2.22 bits per heavy atom. The first-order valence-corrected chi connectivity index (χ1v) is 13.2. The molecule has 0 saturated carbocycles. The number of carbonyl (C=O) groups excluding carboxylic acids is 1. The van der Waals surface area contributed by atoms with Crippen LogP contribution in [0.5, 0.6) is 11.5 Å². The fourth-order valence-electron chi connectivity index (χ4n) is 3.55. The number of hydrogen-bond donors (Lipinski definition) is 1. The van der Waals surface area contributed by atoms with Gasteiger partial charge in [-0.05, 0) is 71.8 Å². The highest BCUT2D eigenvalue weighted by Gasteiger charge is 2.14. The van der Waals surface area contributed by atoms with Crippen molar-refractivity contribution in [1.82, 2.24) is 0 Å². The summed E-state index contributed by atoms with van der Waals surface area (Å²) in [4.78, 5) is 12.9. The van der Waals surface area contributed by atoms with E-state index in [1.54, 1.807) is 43.3 Å². The van der Waals surface area contributed by atoms with Crippen molar-refractivity contribution in [2.24, 2.45) is 0 Å². The fourth-order valence-corrected chi connectivity index (χ4v) is 4.56. The van der Waals surface area contributed by atoms with Crippen LogP contribution in [0.25, 0.3) is 11.1 Å². The van der Waals surface area contributed by atoms with E-state index in [1.807, 2.05) is 18.2 Å². The predicted molar refractivity (Wildman–Crippen MR) is 140 cm³/mol. The smallest absolute Gasteiger partial charge is 0.228 e. The summed E-state index contributed by atoms with van der Waals surface area (Å²) in [6, 6.07) is 24.5. The normalized spacial score (nSPS) is 11.2. The Hall–Kier alpha value is -3.68. The molecule has 0 fully saturated rings. The molecule has 0 saturated heterocycles. The fraction of sp³-hybridized carbons (Fsp3) is 0.107. The van der Waals surface area contributed by atoms with E-state index in [-0.39, 0.29) is 28.8 Å². The molecule has 0 aromatic heterocycles. The lowest BCUT2D eigenvalue weighted by atomic mass is 10.0. The number of carbonyl (C=O) groups is 1. The average molecular weight is 524 g/mol. The minimum atomic E-state index is -3.30. The average Bonchev–Trinajstić information content (AvgIpc) is 2.86. The monoisotopic (exact) mass is 523 g/mol. The highest BCUT2D eigenvalue weighted by molar-refractivity contribution is 7.91. The molecule has 0 aliphatic rings. The molecule has 0 atom stereocenters. The molecule has 4 aromatic carbocycles. The third-order valence-corrected chi connectivity index (χ3v) is 7.49. The van der Waals surface area contributed by atoms with Crippen molar-refractivity contribution < 1.29 is 22.3 Å². The van der Waals surface area contributed by atoms with Gasteiger partial charge in [-0.25, -0.2) is 12.8 Å². The number of ether oxygens (including phenoxy) is 1. The Kier molecular flexibility index (Phi) is 7.72. The highest BCUT2D eigenvalue weighted by Crippen LogP contribution is 2.36. The van der Waals surface area contributed by atoms with Gasteiger partial charge in [-0.3, -0.25) is 4.79 Å². The number of sulfone groups is 1. The molecule has 4 rings (SSSR count). The van der Waals surface area contributed by atoms with E-state index in [0.29, 0.717) is 27.8 Å². The van der Waals surface area contributed by atoms with Crippen LogP contribution in [0.2, 0.25) is 5.02 Å². The van der Waals surface area contributed by atoms with Gasteiger partial charge in [0.15, 0.2) is 9.84 Å². The largest absolute Gasteiger partial charge is 0.457 e. The van der Waals surface area contributed by atoms with Crippen molar-refractivity contribution in [3.05, 3.63) is 107 Å². The standard InChI is InChI=1S/C28H23ClFNO4S/c1-2-36(33,34)25-14-3-19(4-15-25)17-28(32)31-23-11-16-26(20-5-7-21(29)8-6-20)27(18-23)35-24-12-9-22(30)10-13-24/h3-16,18H,2,17H2,1H3,(H,31,32). The Labute approximate surface area is 214 Å². The van der Waals surface area contributed by atoms with Crippen molar-refractivity contribution in [3.63, 3.8) is 0 Å². The number of hydrogen-bond acceptors (Lipinski definition) is 4. The van der Waals surface area contributed by atoms with E-state index in [4.69, 9.17) is 16.3 Å². The van der Waals surface area contributed by atoms with E-state index in [2.05, 4.69) is 5.32 Å². The molecule has 0 aliphatic carbocycles. The second-order valence-electron chi connectivity index (χ2n) is 8.05. The second kappa shape index (κ2) is 10.9. The van der Waals surface area contributed by atoms with Crippen molar-refractivity contribution in [2.45, 2.75) is 18.2 Å². The third kappa shape index (κ3) is 6.30. The predicted octanol–water partition coefficient (Wildman–Crippen LogP) is 6.91. The summed E-state index contributed by atoms with van der Waals surface area (Å²) >= 11 is 6.03. The van der Waals surface area contributed by atoms with Crippen molar-refractivity contribution >= 4 is 33.0 Å². The molecule has 0 unspecified atom stereocenters. The van der Waals surface area contributed by atoms with Gasteiger partial charge in [0.1, 0.15) is 17.3 Å². The minimum Gasteiger partial charge on any atom is -0.457 e. The zero-order valence-corrected chi connectivity index (χ0v) is 20.9. The molecule has 4 aromatic rings. The van der Waals surface area contributed by atoms with Crippen molar-refractivity contribution in [2.75, 3.05) is 11.1 Å². The summed E-state index contributed by atoms with van der Waals surface area (Å²) in [6.07, 6.45) is 0.0690. The van der Waals surface area contributed by atoms with Crippen LogP contribution < -0.4 is 10.1 Å². The van der Waals surface area contributed by atoms with Gasteiger partial charge in [-0.2, -0.15) is 0 Å². The maximum absolute atomic E-state index is 13.3. The van der Waals surface area contributed by atoms with Crippen LogP contribution in [0.1, 0.15) is 12.5 Å². The topological polar surface area (TPSA) is 72.5 Å². The summed E-state index contributed by atoms with van der Waals surface area (Å²) in [6.45, 7) is 1.59. The number of rotatable bonds is 8. The Balaban J connectivity index is 1.55. The number of amides is 1. The van der Waals surface area contributed by atoms with Gasteiger partial charge in [0.05, 0.1) is 17.1 Å². The Bertz CT molecular complexity index is 1470. The van der Waals surface area contributed by atoms with Crippen LogP contribution >= 0.6 is 11.6 Å². The quantitative estimate of drug-likeness (QED) is 0.272. The molecule has 5 nitrogen and oxygen atoms in total. The number of nitrogens with one attached hydrogen (secondary N) is 1. The minimum absolute atomic E-state index is 0.0151. The molecule has 0 heterocycles. The first-order chi connectivity index (χ1) is 17.2. The second-order valence-corrected chi connectivity index (χ2v) is 10.8. The molecule has 1 N–H and O–H groups in total. The van der Waals surface area contributed by atoms with Crippen LogP contribution in [-0.2, 0) is 21.1 Å². The number of benzene rings is 4. The third-order valence-electron chi connectivity index (χ3n) is 5.49. The lowest BCUT2D eigenvalue weighted by Gasteiger charge is -2.14. The first kappa shape index (κ1) is 25.4. The molecule has 0 spiro atoms. The van der Waals surface area contributed by atoms with Gasteiger partial charge in [-0.1, -0.05) is 42.8 Å². The molecule has 8 heteroatoms. The molecular formula is C28H23ClFNO4S. The van der Waals surface area contributed by atoms with Gasteiger partial charge in [-0.15, -0.1) is 0 Å². The number of anilines is 1. The van der Waals surface area contributed by atoms with Crippen LogP contribution in [0.3, 0.4) is 0 Å². The van der Waals surface area contributed by atoms with Crippen LogP contribution in [0.4, 0.5) is 10.1 Å². The van der Waals surface area contributed by atoms with Crippen LogP contribution in [-0.4, -0.2) is 20.1 Å². The van der Waals surface area contributed by atoms with Gasteiger partial charge in [0.2, 0.25) is 5.91 Å².